The van der Waals surface area contributed by atoms with Crippen LogP contribution in [-0.2, 0) is 6.42 Å². The second-order valence-corrected chi connectivity index (χ2v) is 7.27. The molecule has 0 fully saturated rings. The molecular formula is C15H24N2OS. The first-order chi connectivity index (χ1) is 8.88. The molecule has 0 N–H and O–H groups in total. The number of carbonyl (C=O) groups excluding carboxylic acids is 1. The van der Waals surface area contributed by atoms with Crippen LogP contribution < -0.4 is 4.90 Å². The van der Waals surface area contributed by atoms with Gasteiger partial charge in [0.1, 0.15) is 0 Å². The maximum atomic E-state index is 12.2. The van der Waals surface area contributed by atoms with Gasteiger partial charge < -0.3 is 4.90 Å². The molecule has 1 heterocycles. The molecule has 0 spiro atoms. The molecule has 1 aliphatic rings. The van der Waals surface area contributed by atoms with Gasteiger partial charge in [-0.15, -0.1) is 0 Å². The number of ketones is 1. The van der Waals surface area contributed by atoms with Crippen molar-refractivity contribution >= 4 is 22.3 Å². The van der Waals surface area contributed by atoms with Gasteiger partial charge in [0.05, 0.1) is 10.6 Å². The van der Waals surface area contributed by atoms with Gasteiger partial charge >= 0.3 is 0 Å². The third-order valence-corrected chi connectivity index (χ3v) is 5.25. The summed E-state index contributed by atoms with van der Waals surface area (Å²) in [5, 5.41) is 1.00. The number of Topliss-reactive ketones (excluding diaryl/α,β-unsaturated/α-hetero) is 1. The average molecular weight is 280 g/mol. The van der Waals surface area contributed by atoms with E-state index in [-0.39, 0.29) is 11.2 Å². The topological polar surface area (TPSA) is 33.2 Å². The molecule has 0 saturated heterocycles. The van der Waals surface area contributed by atoms with Crippen LogP contribution in [-0.4, -0.2) is 23.9 Å². The maximum Gasteiger partial charge on any atom is 0.186 e. The molecule has 0 atom stereocenters. The van der Waals surface area contributed by atoms with Crippen LogP contribution in [0.2, 0.25) is 0 Å². The average Bonchev–Trinajstić information content (AvgIpc) is 2.72. The molecule has 106 valence electrons. The van der Waals surface area contributed by atoms with E-state index >= 15 is 0 Å². The number of rotatable bonds is 4. The van der Waals surface area contributed by atoms with Crippen molar-refractivity contribution in [3.63, 3.8) is 0 Å². The standard InChI is InChI=1S/C15H24N2OS/c1-6-10(7-2)17(5)14-16-11-8-15(3,4)9-12(18)13(11)19-14/h10H,6-9H2,1-5H3. The Morgan fingerprint density at radius 3 is 2.53 bits per heavy atom. The number of thiazole rings is 1. The van der Waals surface area contributed by atoms with Crippen LogP contribution >= 0.6 is 11.3 Å². The van der Waals surface area contributed by atoms with E-state index in [0.717, 1.165) is 35.0 Å². The SMILES string of the molecule is CCC(CC)N(C)c1nc2c(s1)C(=O)CC(C)(C)C2. The lowest BCUT2D eigenvalue weighted by Gasteiger charge is -2.27. The van der Waals surface area contributed by atoms with Gasteiger partial charge in [0, 0.05) is 19.5 Å². The third-order valence-electron chi connectivity index (χ3n) is 4.02. The third kappa shape index (κ3) is 2.83. The van der Waals surface area contributed by atoms with Crippen LogP contribution in [0.3, 0.4) is 0 Å². The predicted molar refractivity (Wildman–Crippen MR) is 81.3 cm³/mol. The van der Waals surface area contributed by atoms with Crippen molar-refractivity contribution in [2.75, 3.05) is 11.9 Å². The molecule has 1 aromatic rings. The van der Waals surface area contributed by atoms with E-state index in [1.54, 1.807) is 11.3 Å². The van der Waals surface area contributed by atoms with Crippen molar-refractivity contribution in [1.29, 1.82) is 0 Å². The number of nitrogens with zero attached hydrogens (tertiary/aromatic N) is 2. The summed E-state index contributed by atoms with van der Waals surface area (Å²) in [5.41, 5.74) is 1.07. The van der Waals surface area contributed by atoms with E-state index < -0.39 is 0 Å². The summed E-state index contributed by atoms with van der Waals surface area (Å²) in [7, 11) is 2.09. The van der Waals surface area contributed by atoms with E-state index in [1.165, 1.54) is 0 Å². The van der Waals surface area contributed by atoms with Crippen LogP contribution in [0.5, 0.6) is 0 Å². The summed E-state index contributed by atoms with van der Waals surface area (Å²) in [6.45, 7) is 8.70. The summed E-state index contributed by atoms with van der Waals surface area (Å²) < 4.78 is 0. The van der Waals surface area contributed by atoms with Gasteiger partial charge in [-0.2, -0.15) is 0 Å². The molecule has 1 aromatic heterocycles. The summed E-state index contributed by atoms with van der Waals surface area (Å²) in [5.74, 6) is 0.271. The Hall–Kier alpha value is -0.900. The normalized spacial score (nSPS) is 17.7. The fraction of sp³-hybridized carbons (Fsp3) is 0.733. The van der Waals surface area contributed by atoms with E-state index in [0.29, 0.717) is 12.5 Å². The van der Waals surface area contributed by atoms with Crippen LogP contribution in [0.4, 0.5) is 5.13 Å². The largest absolute Gasteiger partial charge is 0.348 e. The van der Waals surface area contributed by atoms with Gasteiger partial charge in [-0.25, -0.2) is 4.98 Å². The molecule has 4 heteroatoms. The molecular weight excluding hydrogens is 256 g/mol. The minimum Gasteiger partial charge on any atom is -0.348 e. The Balaban J connectivity index is 2.30. The monoisotopic (exact) mass is 280 g/mol. The summed E-state index contributed by atoms with van der Waals surface area (Å²) >= 11 is 1.58. The summed E-state index contributed by atoms with van der Waals surface area (Å²) in [6, 6.07) is 0.510. The smallest absolute Gasteiger partial charge is 0.186 e. The molecule has 0 amide bonds. The van der Waals surface area contributed by atoms with Gasteiger partial charge in [-0.3, -0.25) is 4.79 Å². The van der Waals surface area contributed by atoms with Crippen LogP contribution in [0.1, 0.15) is 62.3 Å². The zero-order valence-corrected chi connectivity index (χ0v) is 13.4. The van der Waals surface area contributed by atoms with E-state index in [1.807, 2.05) is 0 Å². The van der Waals surface area contributed by atoms with Gasteiger partial charge in [0.2, 0.25) is 0 Å². The van der Waals surface area contributed by atoms with Gasteiger partial charge in [0.15, 0.2) is 10.9 Å². The number of aromatic nitrogens is 1. The van der Waals surface area contributed by atoms with E-state index in [4.69, 9.17) is 4.98 Å². The van der Waals surface area contributed by atoms with Gasteiger partial charge in [-0.05, 0) is 24.7 Å². The molecule has 1 aliphatic carbocycles. The Morgan fingerprint density at radius 2 is 1.95 bits per heavy atom. The van der Waals surface area contributed by atoms with Crippen molar-refractivity contribution in [2.24, 2.45) is 5.41 Å². The molecule has 0 bridgehead atoms. The number of fused-ring (bicyclic) bond motifs is 1. The lowest BCUT2D eigenvalue weighted by atomic mass is 9.78. The highest BCUT2D eigenvalue weighted by Gasteiger charge is 2.34. The first-order valence-electron chi connectivity index (χ1n) is 7.13. The Morgan fingerprint density at radius 1 is 1.32 bits per heavy atom. The Labute approximate surface area is 120 Å². The molecule has 19 heavy (non-hydrogen) atoms. The quantitative estimate of drug-likeness (QED) is 0.838. The highest BCUT2D eigenvalue weighted by molar-refractivity contribution is 7.17. The Bertz CT molecular complexity index is 474. The van der Waals surface area contributed by atoms with Gasteiger partial charge in [-0.1, -0.05) is 39.0 Å². The van der Waals surface area contributed by atoms with Crippen molar-refractivity contribution in [3.05, 3.63) is 10.6 Å². The van der Waals surface area contributed by atoms with Crippen LogP contribution in [0, 0.1) is 5.41 Å². The fourth-order valence-corrected chi connectivity index (χ4v) is 3.90. The van der Waals surface area contributed by atoms with Crippen molar-refractivity contribution < 1.29 is 4.79 Å². The predicted octanol–water partition coefficient (Wildman–Crippen LogP) is 3.92. The zero-order valence-electron chi connectivity index (χ0n) is 12.6. The second kappa shape index (κ2) is 5.23. The maximum absolute atomic E-state index is 12.2. The molecule has 2 rings (SSSR count). The lowest BCUT2D eigenvalue weighted by Crippen LogP contribution is -2.30. The number of hydrogen-bond donors (Lipinski definition) is 0. The van der Waals surface area contributed by atoms with Crippen molar-refractivity contribution in [2.45, 2.75) is 59.4 Å². The van der Waals surface area contributed by atoms with E-state index in [2.05, 4.69) is 39.6 Å². The molecule has 0 aromatic carbocycles. The fourth-order valence-electron chi connectivity index (χ4n) is 2.85. The number of carbonyl (C=O) groups is 1. The highest BCUT2D eigenvalue weighted by Crippen LogP contribution is 2.39. The first kappa shape index (κ1) is 14.5. The van der Waals surface area contributed by atoms with Crippen LogP contribution in [0.25, 0.3) is 0 Å². The number of hydrogen-bond acceptors (Lipinski definition) is 4. The second-order valence-electron chi connectivity index (χ2n) is 6.29. The molecule has 0 saturated carbocycles. The minimum absolute atomic E-state index is 0.0584. The van der Waals surface area contributed by atoms with E-state index in [9.17, 15) is 4.79 Å². The lowest BCUT2D eigenvalue weighted by molar-refractivity contribution is 0.0916. The van der Waals surface area contributed by atoms with Crippen LogP contribution in [0.15, 0.2) is 0 Å². The summed E-state index contributed by atoms with van der Waals surface area (Å²) in [6.07, 6.45) is 3.78. The molecule has 0 aliphatic heterocycles. The molecule has 0 unspecified atom stereocenters. The molecule has 3 nitrogen and oxygen atoms in total. The molecule has 0 radical (unpaired) electrons. The zero-order chi connectivity index (χ0) is 14.2. The van der Waals surface area contributed by atoms with Gasteiger partial charge in [0.25, 0.3) is 0 Å². The first-order valence-corrected chi connectivity index (χ1v) is 7.95. The highest BCUT2D eigenvalue weighted by atomic mass is 32.1. The Kier molecular flexibility index (Phi) is 4.00. The minimum atomic E-state index is 0.0584. The van der Waals surface area contributed by atoms with Crippen molar-refractivity contribution in [3.8, 4) is 0 Å². The summed E-state index contributed by atoms with van der Waals surface area (Å²) in [4.78, 5) is 20.1. The number of anilines is 1. The van der Waals surface area contributed by atoms with Crippen molar-refractivity contribution in [1.82, 2.24) is 4.98 Å².